The molecule has 1 aromatic heterocycles. The zero-order chi connectivity index (χ0) is 13.2. The first-order valence-corrected chi connectivity index (χ1v) is 6.26. The summed E-state index contributed by atoms with van der Waals surface area (Å²) in [6.45, 7) is 0.686. The first-order valence-electron chi connectivity index (χ1n) is 6.26. The van der Waals surface area contributed by atoms with E-state index in [0.29, 0.717) is 18.5 Å². The molecule has 98 valence electrons. The fourth-order valence-electron chi connectivity index (χ4n) is 2.23. The Morgan fingerprint density at radius 2 is 2.32 bits per heavy atom. The molecule has 2 heterocycles. The van der Waals surface area contributed by atoms with E-state index in [2.05, 4.69) is 20.6 Å². The Bertz CT molecular complexity index is 634. The standard InChI is InChI=1S/C13H14N4O2/c18-12(17-10-2-1-5-14-13(10)19)8-3-4-9-11(6-8)16-7-15-9/h3-4,6-7,10H,1-2,5H2,(H,14,19)(H,15,16)(H,17,18). The van der Waals surface area contributed by atoms with Crippen molar-refractivity contribution >= 4 is 22.8 Å². The molecule has 1 unspecified atom stereocenters. The lowest BCUT2D eigenvalue weighted by atomic mass is 10.1. The first-order chi connectivity index (χ1) is 9.24. The van der Waals surface area contributed by atoms with Gasteiger partial charge in [-0.3, -0.25) is 9.59 Å². The zero-order valence-electron chi connectivity index (χ0n) is 10.3. The van der Waals surface area contributed by atoms with E-state index in [-0.39, 0.29) is 11.8 Å². The van der Waals surface area contributed by atoms with Crippen LogP contribution in [0.15, 0.2) is 24.5 Å². The van der Waals surface area contributed by atoms with Gasteiger partial charge in [0.05, 0.1) is 17.4 Å². The Kier molecular flexibility index (Phi) is 2.91. The van der Waals surface area contributed by atoms with Gasteiger partial charge < -0.3 is 15.6 Å². The highest BCUT2D eigenvalue weighted by atomic mass is 16.2. The molecule has 2 aromatic rings. The number of nitrogens with one attached hydrogen (secondary N) is 3. The summed E-state index contributed by atoms with van der Waals surface area (Å²) in [7, 11) is 0. The third-order valence-electron chi connectivity index (χ3n) is 3.27. The minimum absolute atomic E-state index is 0.109. The monoisotopic (exact) mass is 258 g/mol. The summed E-state index contributed by atoms with van der Waals surface area (Å²) in [6, 6.07) is 4.79. The van der Waals surface area contributed by atoms with E-state index in [4.69, 9.17) is 0 Å². The number of carbonyl (C=O) groups excluding carboxylic acids is 2. The second-order valence-corrected chi connectivity index (χ2v) is 4.59. The van der Waals surface area contributed by atoms with Crippen LogP contribution in [0.1, 0.15) is 23.2 Å². The number of hydrogen-bond donors (Lipinski definition) is 3. The molecule has 1 saturated heterocycles. The largest absolute Gasteiger partial charge is 0.354 e. The number of H-pyrrole nitrogens is 1. The highest BCUT2D eigenvalue weighted by molar-refractivity contribution is 5.99. The zero-order valence-corrected chi connectivity index (χ0v) is 10.3. The lowest BCUT2D eigenvalue weighted by Crippen LogP contribution is -2.50. The first kappa shape index (κ1) is 11.7. The van der Waals surface area contributed by atoms with Gasteiger partial charge in [0.2, 0.25) is 5.91 Å². The van der Waals surface area contributed by atoms with Crippen LogP contribution >= 0.6 is 0 Å². The van der Waals surface area contributed by atoms with Gasteiger partial charge >= 0.3 is 0 Å². The summed E-state index contributed by atoms with van der Waals surface area (Å²) in [6.07, 6.45) is 3.15. The van der Waals surface area contributed by atoms with Gasteiger partial charge in [-0.1, -0.05) is 0 Å². The maximum Gasteiger partial charge on any atom is 0.252 e. The van der Waals surface area contributed by atoms with Crippen molar-refractivity contribution in [3.05, 3.63) is 30.1 Å². The third kappa shape index (κ3) is 2.29. The minimum Gasteiger partial charge on any atom is -0.354 e. The molecule has 0 saturated carbocycles. The summed E-state index contributed by atoms with van der Waals surface area (Å²) in [5.74, 6) is -0.347. The van der Waals surface area contributed by atoms with Gasteiger partial charge in [-0.05, 0) is 31.0 Å². The molecule has 1 aliphatic heterocycles. The van der Waals surface area contributed by atoms with Gasteiger partial charge in [0.25, 0.3) is 5.91 Å². The van der Waals surface area contributed by atoms with E-state index in [1.165, 1.54) is 0 Å². The number of rotatable bonds is 2. The van der Waals surface area contributed by atoms with Gasteiger partial charge in [0.1, 0.15) is 6.04 Å². The van der Waals surface area contributed by atoms with Crippen molar-refractivity contribution in [2.75, 3.05) is 6.54 Å². The average Bonchev–Trinajstić information content (AvgIpc) is 2.88. The quantitative estimate of drug-likeness (QED) is 0.736. The van der Waals surface area contributed by atoms with E-state index in [9.17, 15) is 9.59 Å². The number of fused-ring (bicyclic) bond motifs is 1. The molecule has 6 heteroatoms. The SMILES string of the molecule is O=C(NC1CCCNC1=O)c1ccc2nc[nH]c2c1. The topological polar surface area (TPSA) is 86.9 Å². The number of hydrogen-bond acceptors (Lipinski definition) is 3. The van der Waals surface area contributed by atoms with Crippen molar-refractivity contribution in [3.63, 3.8) is 0 Å². The maximum absolute atomic E-state index is 12.1. The van der Waals surface area contributed by atoms with Crippen molar-refractivity contribution in [1.82, 2.24) is 20.6 Å². The van der Waals surface area contributed by atoms with Crippen molar-refractivity contribution in [2.45, 2.75) is 18.9 Å². The lowest BCUT2D eigenvalue weighted by molar-refractivity contribution is -0.124. The van der Waals surface area contributed by atoms with E-state index >= 15 is 0 Å². The molecular weight excluding hydrogens is 244 g/mol. The van der Waals surface area contributed by atoms with Gasteiger partial charge in [0.15, 0.2) is 0 Å². The van der Waals surface area contributed by atoms with Crippen LogP contribution in [0.5, 0.6) is 0 Å². The van der Waals surface area contributed by atoms with Crippen LogP contribution in [-0.4, -0.2) is 34.4 Å². The van der Waals surface area contributed by atoms with Crippen LogP contribution in [0.3, 0.4) is 0 Å². The Labute approximate surface area is 109 Å². The molecular formula is C13H14N4O2. The fraction of sp³-hybridized carbons (Fsp3) is 0.308. The van der Waals surface area contributed by atoms with Gasteiger partial charge in [0, 0.05) is 12.1 Å². The molecule has 0 radical (unpaired) electrons. The second-order valence-electron chi connectivity index (χ2n) is 4.59. The number of imidazole rings is 1. The van der Waals surface area contributed by atoms with Crippen LogP contribution in [-0.2, 0) is 4.79 Å². The Morgan fingerprint density at radius 3 is 3.16 bits per heavy atom. The molecule has 1 atom stereocenters. The van der Waals surface area contributed by atoms with Gasteiger partial charge in [-0.15, -0.1) is 0 Å². The predicted molar refractivity (Wildman–Crippen MR) is 69.6 cm³/mol. The molecule has 1 aliphatic rings. The molecule has 0 aliphatic carbocycles. The molecule has 6 nitrogen and oxygen atoms in total. The molecule has 3 rings (SSSR count). The number of nitrogens with zero attached hydrogens (tertiary/aromatic N) is 1. The molecule has 0 bridgehead atoms. The van der Waals surface area contributed by atoms with Crippen molar-refractivity contribution in [2.24, 2.45) is 0 Å². The lowest BCUT2D eigenvalue weighted by Gasteiger charge is -2.22. The molecule has 0 spiro atoms. The summed E-state index contributed by atoms with van der Waals surface area (Å²) < 4.78 is 0. The van der Waals surface area contributed by atoms with Crippen LogP contribution < -0.4 is 10.6 Å². The van der Waals surface area contributed by atoms with Crippen LogP contribution in [0.25, 0.3) is 11.0 Å². The highest BCUT2D eigenvalue weighted by Crippen LogP contribution is 2.12. The summed E-state index contributed by atoms with van der Waals surface area (Å²) in [5.41, 5.74) is 2.14. The number of benzene rings is 1. The van der Waals surface area contributed by atoms with E-state index in [0.717, 1.165) is 17.5 Å². The Morgan fingerprint density at radius 1 is 1.42 bits per heavy atom. The Balaban J connectivity index is 1.77. The van der Waals surface area contributed by atoms with E-state index < -0.39 is 6.04 Å². The smallest absolute Gasteiger partial charge is 0.252 e. The molecule has 1 aromatic carbocycles. The Hall–Kier alpha value is -2.37. The van der Waals surface area contributed by atoms with Gasteiger partial charge in [-0.25, -0.2) is 4.98 Å². The van der Waals surface area contributed by atoms with Crippen molar-refractivity contribution in [3.8, 4) is 0 Å². The summed E-state index contributed by atoms with van der Waals surface area (Å²) in [4.78, 5) is 30.7. The van der Waals surface area contributed by atoms with Crippen LogP contribution in [0, 0.1) is 0 Å². The number of aromatic amines is 1. The third-order valence-corrected chi connectivity index (χ3v) is 3.27. The number of amides is 2. The average molecular weight is 258 g/mol. The normalized spacial score (nSPS) is 19.2. The van der Waals surface area contributed by atoms with Crippen molar-refractivity contribution < 1.29 is 9.59 Å². The van der Waals surface area contributed by atoms with Crippen LogP contribution in [0.4, 0.5) is 0 Å². The molecule has 19 heavy (non-hydrogen) atoms. The van der Waals surface area contributed by atoms with E-state index in [1.54, 1.807) is 24.5 Å². The van der Waals surface area contributed by atoms with Gasteiger partial charge in [-0.2, -0.15) is 0 Å². The van der Waals surface area contributed by atoms with Crippen molar-refractivity contribution in [1.29, 1.82) is 0 Å². The highest BCUT2D eigenvalue weighted by Gasteiger charge is 2.24. The van der Waals surface area contributed by atoms with E-state index in [1.807, 2.05) is 0 Å². The van der Waals surface area contributed by atoms with Crippen LogP contribution in [0.2, 0.25) is 0 Å². The fourth-order valence-corrected chi connectivity index (χ4v) is 2.23. The number of carbonyl (C=O) groups is 2. The summed E-state index contributed by atoms with van der Waals surface area (Å²) in [5, 5.41) is 5.50. The molecule has 2 amide bonds. The molecule has 1 fully saturated rings. The maximum atomic E-state index is 12.1. The summed E-state index contributed by atoms with van der Waals surface area (Å²) >= 11 is 0. The second kappa shape index (κ2) is 4.72. The number of aromatic nitrogens is 2. The number of piperidine rings is 1. The molecule has 3 N–H and O–H groups in total. The minimum atomic E-state index is -0.432. The predicted octanol–water partition coefficient (Wildman–Crippen LogP) is 0.571.